The molecule has 16 heavy (non-hydrogen) atoms. The van der Waals surface area contributed by atoms with Gasteiger partial charge in [-0.3, -0.25) is 4.68 Å². The zero-order valence-corrected chi connectivity index (χ0v) is 9.00. The molecule has 1 aliphatic rings. The van der Waals surface area contributed by atoms with E-state index in [2.05, 4.69) is 15.1 Å². The molecule has 6 heteroatoms. The molecule has 0 aromatic carbocycles. The summed E-state index contributed by atoms with van der Waals surface area (Å²) in [6.45, 7) is 0. The Labute approximate surface area is 92.4 Å². The number of rotatable bonds is 2. The van der Waals surface area contributed by atoms with Crippen molar-refractivity contribution in [1.29, 1.82) is 0 Å². The van der Waals surface area contributed by atoms with E-state index in [0.717, 1.165) is 23.9 Å². The third kappa shape index (κ3) is 1.42. The maximum atomic E-state index is 5.76. The molecule has 0 amide bonds. The van der Waals surface area contributed by atoms with Crippen molar-refractivity contribution < 1.29 is 4.74 Å². The second kappa shape index (κ2) is 3.41. The Bertz CT molecular complexity index is 517. The highest BCUT2D eigenvalue weighted by Crippen LogP contribution is 2.27. The van der Waals surface area contributed by atoms with Gasteiger partial charge in [-0.05, 0) is 12.8 Å². The Kier molecular flexibility index (Phi) is 2.03. The summed E-state index contributed by atoms with van der Waals surface area (Å²) in [5.41, 5.74) is 6.50. The molecule has 0 radical (unpaired) electrons. The normalized spacial score (nSPS) is 24.4. The van der Waals surface area contributed by atoms with Gasteiger partial charge < -0.3 is 10.5 Å². The molecule has 2 N–H and O–H groups in total. The van der Waals surface area contributed by atoms with Gasteiger partial charge in [0.2, 0.25) is 5.88 Å². The van der Waals surface area contributed by atoms with E-state index >= 15 is 0 Å². The Morgan fingerprint density at radius 2 is 2.25 bits per heavy atom. The molecule has 1 saturated carbocycles. The van der Waals surface area contributed by atoms with Crippen LogP contribution in [0.1, 0.15) is 12.8 Å². The third-order valence-corrected chi connectivity index (χ3v) is 2.90. The monoisotopic (exact) mass is 219 g/mol. The number of aryl methyl sites for hydroxylation is 1. The topological polar surface area (TPSA) is 78.9 Å². The van der Waals surface area contributed by atoms with Crippen molar-refractivity contribution in [2.75, 3.05) is 0 Å². The predicted octanol–water partition coefficient (Wildman–Crippen LogP) is 0.232. The van der Waals surface area contributed by atoms with E-state index in [0.29, 0.717) is 5.88 Å². The Hall–Kier alpha value is -1.69. The lowest BCUT2D eigenvalue weighted by molar-refractivity contribution is 0.0975. The van der Waals surface area contributed by atoms with E-state index < -0.39 is 0 Å². The number of hydrogen-bond acceptors (Lipinski definition) is 5. The largest absolute Gasteiger partial charge is 0.474 e. The van der Waals surface area contributed by atoms with Gasteiger partial charge in [0.1, 0.15) is 17.8 Å². The van der Waals surface area contributed by atoms with E-state index in [1.54, 1.807) is 10.9 Å². The average Bonchev–Trinajstić information content (AvgIpc) is 2.60. The molecule has 0 saturated heterocycles. The minimum atomic E-state index is 0.188. The number of nitrogens with zero attached hydrogens (tertiary/aromatic N) is 4. The molecule has 2 aromatic rings. The summed E-state index contributed by atoms with van der Waals surface area (Å²) >= 11 is 0. The van der Waals surface area contributed by atoms with Crippen LogP contribution in [-0.2, 0) is 7.05 Å². The Balaban J connectivity index is 1.91. The maximum Gasteiger partial charge on any atom is 0.228 e. The highest BCUT2D eigenvalue weighted by molar-refractivity contribution is 5.79. The van der Waals surface area contributed by atoms with Gasteiger partial charge in [0.25, 0.3) is 0 Å². The highest BCUT2D eigenvalue weighted by Gasteiger charge is 2.28. The van der Waals surface area contributed by atoms with Crippen molar-refractivity contribution in [3.05, 3.63) is 12.5 Å². The van der Waals surface area contributed by atoms with Gasteiger partial charge in [0, 0.05) is 13.1 Å². The Morgan fingerprint density at radius 1 is 1.44 bits per heavy atom. The van der Waals surface area contributed by atoms with E-state index in [9.17, 15) is 0 Å². The number of aromatic nitrogens is 4. The van der Waals surface area contributed by atoms with Crippen LogP contribution in [0.3, 0.4) is 0 Å². The third-order valence-electron chi connectivity index (χ3n) is 2.90. The fourth-order valence-corrected chi connectivity index (χ4v) is 1.89. The number of hydrogen-bond donors (Lipinski definition) is 1. The quantitative estimate of drug-likeness (QED) is 0.782. The van der Waals surface area contributed by atoms with Crippen LogP contribution in [-0.4, -0.2) is 31.9 Å². The van der Waals surface area contributed by atoms with Crippen LogP contribution < -0.4 is 10.5 Å². The van der Waals surface area contributed by atoms with Crippen LogP contribution in [0.2, 0.25) is 0 Å². The van der Waals surface area contributed by atoms with Crippen LogP contribution >= 0.6 is 0 Å². The first-order valence-corrected chi connectivity index (χ1v) is 5.29. The lowest BCUT2D eigenvalue weighted by Crippen LogP contribution is -2.43. The standard InChI is InChI=1S/C10H13N5O/c1-15-9-8(4-14-15)10(13-5-12-9)16-7-2-6(11)3-7/h4-7H,2-3,11H2,1H3. The summed E-state index contributed by atoms with van der Waals surface area (Å²) in [7, 11) is 1.85. The van der Waals surface area contributed by atoms with E-state index in [4.69, 9.17) is 10.5 Å². The number of nitrogens with two attached hydrogens (primary N) is 1. The fraction of sp³-hybridized carbons (Fsp3) is 0.500. The van der Waals surface area contributed by atoms with Gasteiger partial charge in [-0.25, -0.2) is 9.97 Å². The number of ether oxygens (including phenoxy) is 1. The van der Waals surface area contributed by atoms with Crippen LogP contribution in [0, 0.1) is 0 Å². The lowest BCUT2D eigenvalue weighted by Gasteiger charge is -2.32. The van der Waals surface area contributed by atoms with Crippen LogP contribution in [0.4, 0.5) is 0 Å². The smallest absolute Gasteiger partial charge is 0.228 e. The van der Waals surface area contributed by atoms with Gasteiger partial charge in [0.15, 0.2) is 5.65 Å². The van der Waals surface area contributed by atoms with Crippen molar-refractivity contribution in [3.8, 4) is 5.88 Å². The van der Waals surface area contributed by atoms with Crippen LogP contribution in [0.15, 0.2) is 12.5 Å². The summed E-state index contributed by atoms with van der Waals surface area (Å²) in [6.07, 6.45) is 5.20. The zero-order chi connectivity index (χ0) is 11.1. The molecule has 0 atom stereocenters. The summed E-state index contributed by atoms with van der Waals surface area (Å²) in [5, 5.41) is 4.98. The first kappa shape index (κ1) is 9.53. The van der Waals surface area contributed by atoms with Crippen molar-refractivity contribution in [2.45, 2.75) is 25.0 Å². The molecular weight excluding hydrogens is 206 g/mol. The molecule has 3 rings (SSSR count). The van der Waals surface area contributed by atoms with Crippen molar-refractivity contribution in [3.63, 3.8) is 0 Å². The molecule has 2 heterocycles. The van der Waals surface area contributed by atoms with Crippen LogP contribution in [0.5, 0.6) is 5.88 Å². The Morgan fingerprint density at radius 3 is 3.00 bits per heavy atom. The molecule has 1 fully saturated rings. The molecule has 2 aromatic heterocycles. The molecule has 84 valence electrons. The average molecular weight is 219 g/mol. The lowest BCUT2D eigenvalue weighted by atomic mass is 9.90. The first-order chi connectivity index (χ1) is 7.74. The SMILES string of the molecule is Cn1ncc2c(OC3CC(N)C3)ncnc21. The molecule has 0 unspecified atom stereocenters. The van der Waals surface area contributed by atoms with E-state index in [1.165, 1.54) is 6.33 Å². The summed E-state index contributed by atoms with van der Waals surface area (Å²) in [5.74, 6) is 0.606. The van der Waals surface area contributed by atoms with Crippen LogP contribution in [0.25, 0.3) is 11.0 Å². The van der Waals surface area contributed by atoms with Gasteiger partial charge >= 0.3 is 0 Å². The molecule has 0 bridgehead atoms. The highest BCUT2D eigenvalue weighted by atomic mass is 16.5. The summed E-state index contributed by atoms with van der Waals surface area (Å²) in [6, 6.07) is 0.274. The van der Waals surface area contributed by atoms with E-state index in [-0.39, 0.29) is 12.1 Å². The molecule has 1 aliphatic carbocycles. The second-order valence-corrected chi connectivity index (χ2v) is 4.16. The van der Waals surface area contributed by atoms with Gasteiger partial charge in [-0.2, -0.15) is 5.10 Å². The molecule has 0 aliphatic heterocycles. The molecule has 6 nitrogen and oxygen atoms in total. The second-order valence-electron chi connectivity index (χ2n) is 4.16. The van der Waals surface area contributed by atoms with Gasteiger partial charge in [0.05, 0.1) is 6.20 Å². The van der Waals surface area contributed by atoms with Crippen molar-refractivity contribution in [1.82, 2.24) is 19.7 Å². The summed E-state index contributed by atoms with van der Waals surface area (Å²) < 4.78 is 7.47. The van der Waals surface area contributed by atoms with E-state index in [1.807, 2.05) is 7.05 Å². The van der Waals surface area contributed by atoms with Crippen molar-refractivity contribution in [2.24, 2.45) is 12.8 Å². The predicted molar refractivity (Wildman–Crippen MR) is 57.9 cm³/mol. The number of fused-ring (bicyclic) bond motifs is 1. The molecular formula is C10H13N5O. The van der Waals surface area contributed by atoms with Crippen molar-refractivity contribution >= 4 is 11.0 Å². The first-order valence-electron chi connectivity index (χ1n) is 5.29. The minimum absolute atomic E-state index is 0.188. The van der Waals surface area contributed by atoms with Gasteiger partial charge in [-0.15, -0.1) is 0 Å². The molecule has 0 spiro atoms. The summed E-state index contributed by atoms with van der Waals surface area (Å²) in [4.78, 5) is 8.29. The van der Waals surface area contributed by atoms with Gasteiger partial charge in [-0.1, -0.05) is 0 Å². The minimum Gasteiger partial charge on any atom is -0.474 e. The zero-order valence-electron chi connectivity index (χ0n) is 9.00. The maximum absolute atomic E-state index is 5.76. The fourth-order valence-electron chi connectivity index (χ4n) is 1.89.